The Morgan fingerprint density at radius 3 is 2.30 bits per heavy atom. The smallest absolute Gasteiger partial charge is 0.348 e. The minimum Gasteiger partial charge on any atom is -0.477 e. The van der Waals surface area contributed by atoms with Crippen LogP contribution >= 0.6 is 11.3 Å². The van der Waals surface area contributed by atoms with E-state index in [-0.39, 0.29) is 16.8 Å². The summed E-state index contributed by atoms with van der Waals surface area (Å²) in [5.74, 6) is -1.11. The van der Waals surface area contributed by atoms with E-state index in [1.165, 1.54) is 12.8 Å². The second-order valence-electron chi connectivity index (χ2n) is 8.33. The first-order valence-electron chi connectivity index (χ1n) is 11.1. The van der Waals surface area contributed by atoms with E-state index in [0.29, 0.717) is 16.4 Å². The number of aryl methyl sites for hydroxylation is 1. The molecule has 0 unspecified atom stereocenters. The van der Waals surface area contributed by atoms with Gasteiger partial charge in [0.25, 0.3) is 5.91 Å². The topological polar surface area (TPSA) is 103 Å². The summed E-state index contributed by atoms with van der Waals surface area (Å²) in [7, 11) is 2.01. The molecule has 1 amide bonds. The quantitative estimate of drug-likeness (QED) is 0.400. The number of aromatic nitrogens is 1. The van der Waals surface area contributed by atoms with Crippen molar-refractivity contribution in [3.63, 3.8) is 0 Å². The molecule has 0 spiro atoms. The van der Waals surface area contributed by atoms with Gasteiger partial charge in [-0.1, -0.05) is 47.7 Å². The SMILES string of the molecule is CNC1CC1.Cc1ccc(C(=O)NC2CC2)cc1Nc1nc(-c2ccccc2)c(C(=O)O)s1. The number of carboxylic acid groups (broad SMARTS) is 1. The molecule has 3 aromatic rings. The second-order valence-corrected chi connectivity index (χ2v) is 9.33. The summed E-state index contributed by atoms with van der Waals surface area (Å²) in [6.07, 6.45) is 4.86. The highest BCUT2D eigenvalue weighted by Gasteiger charge is 2.24. The molecule has 7 nitrogen and oxygen atoms in total. The third-order valence-corrected chi connectivity index (χ3v) is 6.47. The molecule has 2 fully saturated rings. The van der Waals surface area contributed by atoms with Crippen molar-refractivity contribution in [2.24, 2.45) is 0 Å². The summed E-state index contributed by atoms with van der Waals surface area (Å²) < 4.78 is 0. The summed E-state index contributed by atoms with van der Waals surface area (Å²) in [6, 6.07) is 15.8. The Balaban J connectivity index is 0.000000459. The van der Waals surface area contributed by atoms with Gasteiger partial charge in [0.05, 0.1) is 5.69 Å². The molecule has 2 aromatic carbocycles. The van der Waals surface area contributed by atoms with Crippen molar-refractivity contribution >= 4 is 34.0 Å². The number of benzene rings is 2. The summed E-state index contributed by atoms with van der Waals surface area (Å²) >= 11 is 1.08. The van der Waals surface area contributed by atoms with E-state index in [1.54, 1.807) is 12.1 Å². The lowest BCUT2D eigenvalue weighted by atomic mass is 10.1. The predicted molar refractivity (Wildman–Crippen MR) is 132 cm³/mol. The van der Waals surface area contributed by atoms with Gasteiger partial charge < -0.3 is 21.1 Å². The van der Waals surface area contributed by atoms with Gasteiger partial charge in [-0.3, -0.25) is 4.79 Å². The monoisotopic (exact) mass is 464 g/mol. The van der Waals surface area contributed by atoms with Crippen molar-refractivity contribution in [1.82, 2.24) is 15.6 Å². The van der Waals surface area contributed by atoms with Crippen LogP contribution in [-0.2, 0) is 0 Å². The molecule has 33 heavy (non-hydrogen) atoms. The van der Waals surface area contributed by atoms with Crippen LogP contribution in [0, 0.1) is 6.92 Å². The van der Waals surface area contributed by atoms with Gasteiger partial charge in [0.2, 0.25) is 0 Å². The minimum atomic E-state index is -1.02. The second kappa shape index (κ2) is 10.1. The van der Waals surface area contributed by atoms with E-state index < -0.39 is 5.97 Å². The van der Waals surface area contributed by atoms with Gasteiger partial charge in [0.15, 0.2) is 5.13 Å². The predicted octanol–water partition coefficient (Wildman–Crippen LogP) is 4.82. The Hall–Kier alpha value is -3.23. The van der Waals surface area contributed by atoms with E-state index in [1.807, 2.05) is 50.4 Å². The third-order valence-electron chi connectivity index (χ3n) is 5.51. The largest absolute Gasteiger partial charge is 0.477 e. The van der Waals surface area contributed by atoms with Crippen molar-refractivity contribution in [3.05, 3.63) is 64.5 Å². The molecule has 172 valence electrons. The molecular formula is C25H28N4O3S. The molecule has 1 aromatic heterocycles. The van der Waals surface area contributed by atoms with E-state index in [0.717, 1.165) is 47.0 Å². The van der Waals surface area contributed by atoms with Crippen molar-refractivity contribution in [1.29, 1.82) is 0 Å². The van der Waals surface area contributed by atoms with Crippen molar-refractivity contribution < 1.29 is 14.7 Å². The summed E-state index contributed by atoms with van der Waals surface area (Å²) in [5, 5.41) is 19.3. The first-order valence-corrected chi connectivity index (χ1v) is 11.9. The molecule has 5 rings (SSSR count). The molecule has 8 heteroatoms. The third kappa shape index (κ3) is 6.18. The van der Waals surface area contributed by atoms with E-state index in [4.69, 9.17) is 0 Å². The van der Waals surface area contributed by atoms with E-state index in [2.05, 4.69) is 20.9 Å². The lowest BCUT2D eigenvalue weighted by Crippen LogP contribution is -2.25. The zero-order chi connectivity index (χ0) is 23.4. The average Bonchev–Trinajstić information content (AvgIpc) is 3.75. The highest BCUT2D eigenvalue weighted by atomic mass is 32.1. The van der Waals surface area contributed by atoms with Crippen molar-refractivity contribution in [2.45, 2.75) is 44.7 Å². The highest BCUT2D eigenvalue weighted by molar-refractivity contribution is 7.18. The first kappa shape index (κ1) is 22.9. The Labute approximate surface area is 197 Å². The van der Waals surface area contributed by atoms with Crippen LogP contribution in [0.4, 0.5) is 10.8 Å². The Kier molecular flexibility index (Phi) is 7.05. The van der Waals surface area contributed by atoms with Gasteiger partial charge in [0, 0.05) is 28.9 Å². The molecule has 4 N–H and O–H groups in total. The number of hydrogen-bond acceptors (Lipinski definition) is 6. The maximum absolute atomic E-state index is 12.3. The molecule has 1 heterocycles. The summed E-state index contributed by atoms with van der Waals surface area (Å²) in [4.78, 5) is 28.7. The van der Waals surface area contributed by atoms with Gasteiger partial charge >= 0.3 is 5.97 Å². The fraction of sp³-hybridized carbons (Fsp3) is 0.320. The molecule has 0 radical (unpaired) electrons. The Morgan fingerprint density at radius 1 is 1.03 bits per heavy atom. The zero-order valence-electron chi connectivity index (χ0n) is 18.7. The number of hydrogen-bond donors (Lipinski definition) is 4. The normalized spacial score (nSPS) is 14.7. The van der Waals surface area contributed by atoms with Gasteiger partial charge in [-0.15, -0.1) is 0 Å². The fourth-order valence-electron chi connectivity index (χ4n) is 3.19. The molecule has 2 saturated carbocycles. The number of anilines is 2. The standard InChI is InChI=1S/C21H19N3O3S.C4H9N/c1-12-7-8-14(19(25)22-15-9-10-15)11-16(12)23-21-24-17(18(28-21)20(26)27)13-5-3-2-4-6-13;1-5-4-2-3-4/h2-8,11,15H,9-10H2,1H3,(H,22,25)(H,23,24)(H,26,27);4-5H,2-3H2,1H3. The van der Waals surface area contributed by atoms with Gasteiger partial charge in [-0.2, -0.15) is 0 Å². The van der Waals surface area contributed by atoms with E-state index in [9.17, 15) is 14.7 Å². The number of carbonyl (C=O) groups excluding carboxylic acids is 1. The molecule has 2 aliphatic rings. The van der Waals surface area contributed by atoms with Crippen LogP contribution in [0.15, 0.2) is 48.5 Å². The molecule has 2 aliphatic carbocycles. The number of carbonyl (C=O) groups is 2. The number of carboxylic acids is 1. The average molecular weight is 465 g/mol. The number of amides is 1. The molecule has 0 atom stereocenters. The maximum Gasteiger partial charge on any atom is 0.348 e. The minimum absolute atomic E-state index is 0.0964. The number of nitrogens with zero attached hydrogens (tertiary/aromatic N) is 1. The van der Waals surface area contributed by atoms with E-state index >= 15 is 0 Å². The lowest BCUT2D eigenvalue weighted by Gasteiger charge is -2.10. The molecule has 0 aliphatic heterocycles. The maximum atomic E-state index is 12.3. The summed E-state index contributed by atoms with van der Waals surface area (Å²) in [5.41, 5.74) is 3.42. The highest BCUT2D eigenvalue weighted by Crippen LogP contribution is 2.33. The number of thiazole rings is 1. The van der Waals surface area contributed by atoms with Gasteiger partial charge in [-0.25, -0.2) is 9.78 Å². The molecule has 0 bridgehead atoms. The van der Waals surface area contributed by atoms with Crippen LogP contribution in [0.25, 0.3) is 11.3 Å². The first-order chi connectivity index (χ1) is 15.9. The van der Waals surface area contributed by atoms with Crippen LogP contribution in [0.5, 0.6) is 0 Å². The van der Waals surface area contributed by atoms with Crippen molar-refractivity contribution in [2.75, 3.05) is 12.4 Å². The fourth-order valence-corrected chi connectivity index (χ4v) is 4.03. The van der Waals surface area contributed by atoms with Crippen LogP contribution < -0.4 is 16.0 Å². The van der Waals surface area contributed by atoms with Crippen LogP contribution in [0.1, 0.15) is 51.3 Å². The number of rotatable bonds is 7. The summed E-state index contributed by atoms with van der Waals surface area (Å²) in [6.45, 7) is 1.93. The van der Waals surface area contributed by atoms with Gasteiger partial charge in [-0.05, 0) is 57.4 Å². The Bertz CT molecular complexity index is 1140. The molecule has 0 saturated heterocycles. The van der Waals surface area contributed by atoms with Crippen molar-refractivity contribution in [3.8, 4) is 11.3 Å². The van der Waals surface area contributed by atoms with Crippen LogP contribution in [-0.4, -0.2) is 41.1 Å². The van der Waals surface area contributed by atoms with Crippen LogP contribution in [0.3, 0.4) is 0 Å². The Morgan fingerprint density at radius 2 is 1.73 bits per heavy atom. The molecular weight excluding hydrogens is 436 g/mol. The number of nitrogens with one attached hydrogen (secondary N) is 3. The lowest BCUT2D eigenvalue weighted by molar-refractivity contribution is 0.0702. The van der Waals surface area contributed by atoms with Crippen LogP contribution in [0.2, 0.25) is 0 Å². The zero-order valence-corrected chi connectivity index (χ0v) is 19.5. The number of aromatic carboxylic acids is 1. The van der Waals surface area contributed by atoms with Gasteiger partial charge in [0.1, 0.15) is 4.88 Å².